The minimum Gasteiger partial charge on any atom is -0.491 e. The molecular weight excluding hydrogens is 385 g/mol. The Kier molecular flexibility index (Phi) is 9.30. The predicted molar refractivity (Wildman–Crippen MR) is 116 cm³/mol. The first-order valence-electron chi connectivity index (χ1n) is 10.7. The van der Waals surface area contributed by atoms with Crippen LogP contribution in [0.3, 0.4) is 0 Å². The summed E-state index contributed by atoms with van der Waals surface area (Å²) >= 11 is 0. The Balaban J connectivity index is 2.02. The number of hydrogen-bond acceptors (Lipinski definition) is 1. The van der Waals surface area contributed by atoms with Crippen molar-refractivity contribution >= 4 is 0 Å². The summed E-state index contributed by atoms with van der Waals surface area (Å²) < 4.78 is 48.1. The van der Waals surface area contributed by atoms with Crippen LogP contribution in [0.4, 0.5) is 13.2 Å². The molecule has 2 rings (SSSR count). The number of aryl methyl sites for hydroxylation is 1. The second-order valence-electron chi connectivity index (χ2n) is 7.61. The van der Waals surface area contributed by atoms with Gasteiger partial charge in [0.2, 0.25) is 0 Å². The molecule has 1 fully saturated rings. The number of hydrogen-bond donors (Lipinski definition) is 0. The number of allylic oxidation sites excluding steroid dienone is 4. The van der Waals surface area contributed by atoms with Crippen LogP contribution in [0, 0.1) is 29.5 Å². The normalized spacial score (nSPS) is 20.1. The van der Waals surface area contributed by atoms with Gasteiger partial charge >= 0.3 is 0 Å². The third-order valence-corrected chi connectivity index (χ3v) is 5.47. The van der Waals surface area contributed by atoms with Gasteiger partial charge in [-0.2, -0.15) is 4.39 Å². The largest absolute Gasteiger partial charge is 0.491 e. The lowest BCUT2D eigenvalue weighted by molar-refractivity contribution is 0.223. The van der Waals surface area contributed by atoms with Gasteiger partial charge < -0.3 is 4.74 Å². The van der Waals surface area contributed by atoms with Gasteiger partial charge in [0.1, 0.15) is 5.82 Å². The molecule has 30 heavy (non-hydrogen) atoms. The summed E-state index contributed by atoms with van der Waals surface area (Å²) in [5, 5.41) is 0. The quantitative estimate of drug-likeness (QED) is 0.253. The van der Waals surface area contributed by atoms with Crippen molar-refractivity contribution in [3.63, 3.8) is 0 Å². The van der Waals surface area contributed by atoms with Gasteiger partial charge in [0, 0.05) is 5.92 Å². The van der Waals surface area contributed by atoms with Gasteiger partial charge in [-0.05, 0) is 75.1 Å². The Morgan fingerprint density at radius 2 is 1.87 bits per heavy atom. The van der Waals surface area contributed by atoms with Gasteiger partial charge in [-0.25, -0.2) is 8.78 Å². The fourth-order valence-electron chi connectivity index (χ4n) is 3.86. The summed E-state index contributed by atoms with van der Waals surface area (Å²) in [7, 11) is 0. The number of halogens is 3. The van der Waals surface area contributed by atoms with E-state index in [9.17, 15) is 13.2 Å². The smallest absolute Gasteiger partial charge is 0.200 e. The van der Waals surface area contributed by atoms with Gasteiger partial charge in [-0.3, -0.25) is 0 Å². The van der Waals surface area contributed by atoms with Crippen molar-refractivity contribution in [1.29, 1.82) is 0 Å². The van der Waals surface area contributed by atoms with Gasteiger partial charge in [0.25, 0.3) is 0 Å². The maximum Gasteiger partial charge on any atom is 0.200 e. The van der Waals surface area contributed by atoms with Crippen molar-refractivity contribution in [2.75, 3.05) is 6.61 Å². The molecule has 1 aromatic carbocycles. The van der Waals surface area contributed by atoms with E-state index in [2.05, 4.69) is 25.3 Å². The number of rotatable bonds is 7. The first kappa shape index (κ1) is 23.9. The molecule has 0 saturated heterocycles. The Morgan fingerprint density at radius 3 is 2.43 bits per heavy atom. The molecule has 0 radical (unpaired) electrons. The summed E-state index contributed by atoms with van der Waals surface area (Å²) in [5.74, 6) is 3.72. The lowest BCUT2D eigenvalue weighted by atomic mass is 9.78. The maximum absolute atomic E-state index is 14.6. The zero-order chi connectivity index (χ0) is 22.1. The number of benzene rings is 1. The van der Waals surface area contributed by atoms with E-state index >= 15 is 0 Å². The third-order valence-electron chi connectivity index (χ3n) is 5.47. The van der Waals surface area contributed by atoms with Crippen LogP contribution in [0.25, 0.3) is 0 Å². The van der Waals surface area contributed by atoms with Crippen LogP contribution in [-0.4, -0.2) is 6.61 Å². The fraction of sp³-hybridized carbons (Fsp3) is 0.462. The molecule has 0 aliphatic heterocycles. The van der Waals surface area contributed by atoms with Crippen molar-refractivity contribution in [3.8, 4) is 11.8 Å². The average molecular weight is 417 g/mol. The lowest BCUT2D eigenvalue weighted by Gasteiger charge is -2.27. The van der Waals surface area contributed by atoms with E-state index in [0.29, 0.717) is 24.0 Å². The summed E-state index contributed by atoms with van der Waals surface area (Å²) in [5.41, 5.74) is 1.75. The lowest BCUT2D eigenvalue weighted by Crippen LogP contribution is -2.16. The van der Waals surface area contributed by atoms with Crippen LogP contribution in [-0.2, 0) is 11.2 Å². The topological polar surface area (TPSA) is 9.23 Å². The Hall–Kier alpha value is -2.41. The second kappa shape index (κ2) is 11.7. The van der Waals surface area contributed by atoms with E-state index in [-0.39, 0.29) is 30.0 Å². The van der Waals surface area contributed by atoms with Crippen molar-refractivity contribution in [2.24, 2.45) is 11.8 Å². The minimum atomic E-state index is -1.03. The SMILES string of the molecule is C=C(OCC)/C(F)=C(F)\C(=C/C)C1CCC(C#Cc2ccc(CCC)cc2F)CC1. The zero-order valence-corrected chi connectivity index (χ0v) is 18.2. The molecule has 1 nitrogen and oxygen atoms in total. The monoisotopic (exact) mass is 416 g/mol. The predicted octanol–water partition coefficient (Wildman–Crippen LogP) is 7.58. The molecule has 162 valence electrons. The molecule has 4 heteroatoms. The summed E-state index contributed by atoms with van der Waals surface area (Å²) in [4.78, 5) is 0. The molecule has 0 aromatic heterocycles. The Morgan fingerprint density at radius 1 is 1.17 bits per heavy atom. The highest BCUT2D eigenvalue weighted by Crippen LogP contribution is 2.38. The van der Waals surface area contributed by atoms with E-state index < -0.39 is 11.7 Å². The maximum atomic E-state index is 14.6. The van der Waals surface area contributed by atoms with E-state index in [4.69, 9.17) is 4.74 Å². The first-order chi connectivity index (χ1) is 14.4. The van der Waals surface area contributed by atoms with Crippen molar-refractivity contribution in [1.82, 2.24) is 0 Å². The van der Waals surface area contributed by atoms with Gasteiger partial charge in [-0.15, -0.1) is 0 Å². The summed E-state index contributed by atoms with van der Waals surface area (Å²) in [6, 6.07) is 5.22. The van der Waals surface area contributed by atoms with Crippen LogP contribution in [0.1, 0.15) is 64.0 Å². The molecule has 1 aliphatic carbocycles. The molecule has 0 atom stereocenters. The standard InChI is InChI=1S/C26H31F3O/c1-5-8-20-12-16-22(24(27)17-20)15-11-19-9-13-21(14-10-19)23(6-2)26(29)25(28)18(4)30-7-3/h6,12,16-17,19,21H,4-5,7-10,13-14H2,1-3H3/b23-6-,26-25-. The molecule has 0 bridgehead atoms. The molecule has 1 aromatic rings. The van der Waals surface area contributed by atoms with E-state index in [1.165, 1.54) is 0 Å². The fourth-order valence-corrected chi connectivity index (χ4v) is 3.86. The highest BCUT2D eigenvalue weighted by atomic mass is 19.2. The van der Waals surface area contributed by atoms with Crippen LogP contribution in [0.15, 0.2) is 53.8 Å². The highest BCUT2D eigenvalue weighted by Gasteiger charge is 2.27. The molecule has 0 N–H and O–H groups in total. The van der Waals surface area contributed by atoms with E-state index in [1.807, 2.05) is 6.07 Å². The summed E-state index contributed by atoms with van der Waals surface area (Å²) in [6.07, 6.45) is 6.40. The molecular formula is C26H31F3O. The molecule has 0 spiro atoms. The Labute approximate surface area is 178 Å². The van der Waals surface area contributed by atoms with Crippen LogP contribution >= 0.6 is 0 Å². The van der Waals surface area contributed by atoms with Crippen LogP contribution in [0.2, 0.25) is 0 Å². The van der Waals surface area contributed by atoms with Crippen LogP contribution < -0.4 is 0 Å². The minimum absolute atomic E-state index is 0.0710. The van der Waals surface area contributed by atoms with Crippen molar-refractivity contribution in [3.05, 3.63) is 70.8 Å². The highest BCUT2D eigenvalue weighted by molar-refractivity contribution is 5.39. The van der Waals surface area contributed by atoms with Gasteiger partial charge in [-0.1, -0.05) is 43.9 Å². The van der Waals surface area contributed by atoms with Gasteiger partial charge in [0.05, 0.1) is 12.2 Å². The Bertz CT molecular complexity index is 862. The number of ether oxygens (including phenoxy) is 1. The third kappa shape index (κ3) is 6.29. The summed E-state index contributed by atoms with van der Waals surface area (Å²) in [6.45, 7) is 9.14. The van der Waals surface area contributed by atoms with E-state index in [0.717, 1.165) is 31.2 Å². The molecule has 0 heterocycles. The average Bonchev–Trinajstić information content (AvgIpc) is 2.74. The molecule has 1 saturated carbocycles. The molecule has 0 unspecified atom stereocenters. The molecule has 0 amide bonds. The van der Waals surface area contributed by atoms with Crippen molar-refractivity contribution in [2.45, 2.75) is 59.3 Å². The zero-order valence-electron chi connectivity index (χ0n) is 18.2. The van der Waals surface area contributed by atoms with E-state index in [1.54, 1.807) is 32.1 Å². The first-order valence-corrected chi connectivity index (χ1v) is 10.7. The second-order valence-corrected chi connectivity index (χ2v) is 7.61. The van der Waals surface area contributed by atoms with Gasteiger partial charge in [0.15, 0.2) is 17.4 Å². The van der Waals surface area contributed by atoms with Crippen LogP contribution in [0.5, 0.6) is 0 Å². The van der Waals surface area contributed by atoms with Crippen molar-refractivity contribution < 1.29 is 17.9 Å². The molecule has 1 aliphatic rings.